The lowest BCUT2D eigenvalue weighted by molar-refractivity contribution is -0.117. The summed E-state index contributed by atoms with van der Waals surface area (Å²) in [6.45, 7) is 0. The first kappa shape index (κ1) is 6.89. The Morgan fingerprint density at radius 1 is 1.67 bits per heavy atom. The SMILES string of the molecule is O=C1CCC(S(=O)O)C1. The van der Waals surface area contributed by atoms with E-state index in [-0.39, 0.29) is 11.0 Å². The average Bonchev–Trinajstić information content (AvgIpc) is 2.14. The number of hydrogen-bond acceptors (Lipinski definition) is 2. The van der Waals surface area contributed by atoms with Crippen molar-refractivity contribution in [2.45, 2.75) is 24.5 Å². The summed E-state index contributed by atoms with van der Waals surface area (Å²) in [4.78, 5) is 10.5. The van der Waals surface area contributed by atoms with Crippen LogP contribution in [-0.4, -0.2) is 19.8 Å². The summed E-state index contributed by atoms with van der Waals surface area (Å²) < 4.78 is 18.8. The monoisotopic (exact) mass is 148 g/mol. The van der Waals surface area contributed by atoms with Gasteiger partial charge in [0.25, 0.3) is 0 Å². The second-order valence-electron chi connectivity index (χ2n) is 2.18. The van der Waals surface area contributed by atoms with Crippen LogP contribution in [0.2, 0.25) is 0 Å². The van der Waals surface area contributed by atoms with E-state index in [4.69, 9.17) is 4.55 Å². The van der Waals surface area contributed by atoms with Crippen molar-refractivity contribution in [3.63, 3.8) is 0 Å². The highest BCUT2D eigenvalue weighted by atomic mass is 32.2. The first-order chi connectivity index (χ1) is 4.20. The van der Waals surface area contributed by atoms with Crippen molar-refractivity contribution in [2.24, 2.45) is 0 Å². The van der Waals surface area contributed by atoms with E-state index in [1.807, 2.05) is 0 Å². The topological polar surface area (TPSA) is 54.4 Å². The predicted octanol–water partition coefficient (Wildman–Crippen LogP) is 0.330. The van der Waals surface area contributed by atoms with E-state index in [1.165, 1.54) is 0 Å². The molecular weight excluding hydrogens is 140 g/mol. The summed E-state index contributed by atoms with van der Waals surface area (Å²) in [5.74, 6) is 0.113. The Labute approximate surface area is 55.7 Å². The molecule has 1 aliphatic carbocycles. The molecule has 1 N–H and O–H groups in total. The van der Waals surface area contributed by atoms with Gasteiger partial charge in [-0.15, -0.1) is 0 Å². The number of Topliss-reactive ketones (excluding diaryl/α,β-unsaturated/α-hetero) is 1. The van der Waals surface area contributed by atoms with E-state index < -0.39 is 11.1 Å². The second-order valence-corrected chi connectivity index (χ2v) is 3.40. The molecule has 3 nitrogen and oxygen atoms in total. The number of hydrogen-bond donors (Lipinski definition) is 1. The highest BCUT2D eigenvalue weighted by Crippen LogP contribution is 2.18. The fourth-order valence-corrected chi connectivity index (χ4v) is 1.60. The molecule has 0 aromatic carbocycles. The predicted molar refractivity (Wildman–Crippen MR) is 33.4 cm³/mol. The lowest BCUT2D eigenvalue weighted by Crippen LogP contribution is -2.09. The van der Waals surface area contributed by atoms with Crippen LogP contribution in [0.4, 0.5) is 0 Å². The largest absolute Gasteiger partial charge is 0.306 e. The Kier molecular flexibility index (Phi) is 1.97. The molecule has 0 radical (unpaired) electrons. The smallest absolute Gasteiger partial charge is 0.156 e. The van der Waals surface area contributed by atoms with Crippen molar-refractivity contribution in [3.05, 3.63) is 0 Å². The standard InChI is InChI=1S/C5H8O3S/c6-4-1-2-5(3-4)9(7)8/h5H,1-3H2,(H,7,8). The Balaban J connectivity index is 2.48. The molecule has 1 saturated carbocycles. The highest BCUT2D eigenvalue weighted by Gasteiger charge is 2.25. The molecule has 1 fully saturated rings. The fourth-order valence-electron chi connectivity index (χ4n) is 0.952. The number of rotatable bonds is 1. The van der Waals surface area contributed by atoms with Crippen LogP contribution in [0, 0.1) is 0 Å². The van der Waals surface area contributed by atoms with E-state index in [0.29, 0.717) is 19.3 Å². The van der Waals surface area contributed by atoms with Crippen LogP contribution in [0.1, 0.15) is 19.3 Å². The van der Waals surface area contributed by atoms with Crippen molar-refractivity contribution in [1.29, 1.82) is 0 Å². The van der Waals surface area contributed by atoms with Gasteiger partial charge in [0.15, 0.2) is 11.1 Å². The summed E-state index contributed by atoms with van der Waals surface area (Å²) in [6, 6.07) is 0. The first-order valence-corrected chi connectivity index (χ1v) is 3.98. The zero-order valence-electron chi connectivity index (χ0n) is 4.87. The van der Waals surface area contributed by atoms with Crippen LogP contribution in [0.25, 0.3) is 0 Å². The quantitative estimate of drug-likeness (QED) is 0.545. The maximum atomic E-state index is 10.5. The van der Waals surface area contributed by atoms with Gasteiger partial charge in [0.05, 0.1) is 5.25 Å². The van der Waals surface area contributed by atoms with E-state index in [0.717, 1.165) is 0 Å². The van der Waals surface area contributed by atoms with Gasteiger partial charge in [0.2, 0.25) is 0 Å². The van der Waals surface area contributed by atoms with Crippen LogP contribution in [0.3, 0.4) is 0 Å². The molecule has 0 saturated heterocycles. The molecule has 0 aromatic rings. The Bertz CT molecular complexity index is 154. The zero-order chi connectivity index (χ0) is 6.85. The molecule has 1 rings (SSSR count). The summed E-state index contributed by atoms with van der Waals surface area (Å²) in [7, 11) is 0. The molecule has 2 atom stereocenters. The molecular formula is C5H8O3S. The molecule has 0 heterocycles. The van der Waals surface area contributed by atoms with Gasteiger partial charge in [0.1, 0.15) is 5.78 Å². The van der Waals surface area contributed by atoms with E-state index in [9.17, 15) is 9.00 Å². The van der Waals surface area contributed by atoms with Gasteiger partial charge in [-0.3, -0.25) is 4.79 Å². The maximum Gasteiger partial charge on any atom is 0.156 e. The molecule has 9 heavy (non-hydrogen) atoms. The van der Waals surface area contributed by atoms with Gasteiger partial charge in [-0.1, -0.05) is 0 Å². The van der Waals surface area contributed by atoms with Crippen molar-refractivity contribution < 1.29 is 13.6 Å². The van der Waals surface area contributed by atoms with E-state index in [1.54, 1.807) is 0 Å². The van der Waals surface area contributed by atoms with Crippen molar-refractivity contribution in [2.75, 3.05) is 0 Å². The van der Waals surface area contributed by atoms with Gasteiger partial charge < -0.3 is 4.55 Å². The van der Waals surface area contributed by atoms with Crippen LogP contribution in [0.5, 0.6) is 0 Å². The minimum atomic E-state index is -1.78. The maximum absolute atomic E-state index is 10.5. The van der Waals surface area contributed by atoms with Crippen LogP contribution >= 0.6 is 0 Å². The highest BCUT2D eigenvalue weighted by molar-refractivity contribution is 7.79. The van der Waals surface area contributed by atoms with Gasteiger partial charge in [-0.05, 0) is 6.42 Å². The lowest BCUT2D eigenvalue weighted by Gasteiger charge is -1.97. The molecule has 2 unspecified atom stereocenters. The minimum Gasteiger partial charge on any atom is -0.306 e. The summed E-state index contributed by atoms with van der Waals surface area (Å²) >= 11 is -1.78. The molecule has 0 aliphatic heterocycles. The summed E-state index contributed by atoms with van der Waals surface area (Å²) in [5, 5.41) is -0.280. The minimum absolute atomic E-state index is 0.113. The van der Waals surface area contributed by atoms with Crippen LogP contribution in [-0.2, 0) is 15.9 Å². The molecule has 4 heteroatoms. The van der Waals surface area contributed by atoms with E-state index >= 15 is 0 Å². The summed E-state index contributed by atoms with van der Waals surface area (Å²) in [6.07, 6.45) is 1.36. The number of carbonyl (C=O) groups is 1. The van der Waals surface area contributed by atoms with Gasteiger partial charge in [-0.25, -0.2) is 4.21 Å². The number of ketones is 1. The fraction of sp³-hybridized carbons (Fsp3) is 0.800. The number of carbonyl (C=O) groups excluding carboxylic acids is 1. The van der Waals surface area contributed by atoms with Crippen LogP contribution < -0.4 is 0 Å². The lowest BCUT2D eigenvalue weighted by atomic mass is 10.4. The van der Waals surface area contributed by atoms with Crippen molar-refractivity contribution >= 4 is 16.9 Å². The van der Waals surface area contributed by atoms with Crippen LogP contribution in [0.15, 0.2) is 0 Å². The van der Waals surface area contributed by atoms with Gasteiger partial charge in [-0.2, -0.15) is 0 Å². The molecule has 0 aromatic heterocycles. The molecule has 52 valence electrons. The normalized spacial score (nSPS) is 30.8. The average molecular weight is 148 g/mol. The third-order valence-electron chi connectivity index (χ3n) is 1.49. The van der Waals surface area contributed by atoms with Crippen molar-refractivity contribution in [3.8, 4) is 0 Å². The van der Waals surface area contributed by atoms with Crippen molar-refractivity contribution in [1.82, 2.24) is 0 Å². The first-order valence-electron chi connectivity index (χ1n) is 2.81. The van der Waals surface area contributed by atoms with Gasteiger partial charge >= 0.3 is 0 Å². The molecule has 0 bridgehead atoms. The van der Waals surface area contributed by atoms with Gasteiger partial charge in [0, 0.05) is 12.8 Å². The molecule has 1 aliphatic rings. The Morgan fingerprint density at radius 3 is 2.56 bits per heavy atom. The second kappa shape index (κ2) is 2.58. The third kappa shape index (κ3) is 1.59. The molecule has 0 amide bonds. The Morgan fingerprint density at radius 2 is 2.33 bits per heavy atom. The third-order valence-corrected chi connectivity index (χ3v) is 2.46. The summed E-state index contributed by atoms with van der Waals surface area (Å²) in [5.41, 5.74) is 0. The molecule has 0 spiro atoms. The Hall–Kier alpha value is -0.220. The zero-order valence-corrected chi connectivity index (χ0v) is 5.69. The van der Waals surface area contributed by atoms with E-state index in [2.05, 4.69) is 0 Å².